The SMILES string of the molecule is CCc1cccc(CC)c1B1OCc2ccccc21. The molecule has 0 fully saturated rings. The number of aryl methyl sites for hydroxylation is 2. The Bertz CT molecular complexity index is 569. The first-order valence-corrected chi connectivity index (χ1v) is 7.15. The molecule has 1 heterocycles. The van der Waals surface area contributed by atoms with Gasteiger partial charge in [-0.15, -0.1) is 0 Å². The summed E-state index contributed by atoms with van der Waals surface area (Å²) in [5.41, 5.74) is 6.91. The molecule has 0 N–H and O–H groups in total. The molecule has 1 aliphatic rings. The molecule has 96 valence electrons. The van der Waals surface area contributed by atoms with Crippen molar-refractivity contribution in [1.29, 1.82) is 0 Å². The third kappa shape index (κ3) is 2.10. The summed E-state index contributed by atoms with van der Waals surface area (Å²) in [6, 6.07) is 15.2. The molecule has 2 aromatic carbocycles. The Kier molecular flexibility index (Phi) is 3.43. The molecule has 19 heavy (non-hydrogen) atoms. The van der Waals surface area contributed by atoms with Crippen molar-refractivity contribution in [2.75, 3.05) is 0 Å². The van der Waals surface area contributed by atoms with E-state index in [1.807, 2.05) is 0 Å². The van der Waals surface area contributed by atoms with E-state index in [9.17, 15) is 0 Å². The second-order valence-electron chi connectivity index (χ2n) is 5.09. The number of benzene rings is 2. The molecule has 0 radical (unpaired) electrons. The van der Waals surface area contributed by atoms with Crippen LogP contribution < -0.4 is 10.9 Å². The smallest absolute Gasteiger partial charge is 0.362 e. The van der Waals surface area contributed by atoms with Crippen LogP contribution in [0.3, 0.4) is 0 Å². The van der Waals surface area contributed by atoms with E-state index in [0.717, 1.165) is 19.4 Å². The second-order valence-corrected chi connectivity index (χ2v) is 5.09. The molecule has 2 aromatic rings. The standard InChI is InChI=1S/C17H19BO/c1-3-13-9-7-10-14(4-2)17(13)18-16-11-6-5-8-15(16)12-19-18/h5-11H,3-4,12H2,1-2H3. The quantitative estimate of drug-likeness (QED) is 0.760. The normalized spacial score (nSPS) is 13.7. The van der Waals surface area contributed by atoms with Crippen LogP contribution in [0.2, 0.25) is 0 Å². The van der Waals surface area contributed by atoms with Crippen molar-refractivity contribution < 1.29 is 4.65 Å². The van der Waals surface area contributed by atoms with E-state index in [4.69, 9.17) is 4.65 Å². The molecular formula is C17H19BO. The summed E-state index contributed by atoms with van der Waals surface area (Å²) in [4.78, 5) is 0. The highest BCUT2D eigenvalue weighted by Crippen LogP contribution is 2.14. The lowest BCUT2D eigenvalue weighted by molar-refractivity contribution is 0.336. The van der Waals surface area contributed by atoms with E-state index in [-0.39, 0.29) is 6.92 Å². The van der Waals surface area contributed by atoms with Crippen LogP contribution >= 0.6 is 0 Å². The summed E-state index contributed by atoms with van der Waals surface area (Å²) in [5, 5.41) is 0. The maximum absolute atomic E-state index is 6.09. The summed E-state index contributed by atoms with van der Waals surface area (Å²) >= 11 is 0. The fourth-order valence-electron chi connectivity index (χ4n) is 3.04. The average Bonchev–Trinajstić information content (AvgIpc) is 2.90. The zero-order valence-corrected chi connectivity index (χ0v) is 11.6. The Labute approximate surface area is 115 Å². The van der Waals surface area contributed by atoms with E-state index in [0.29, 0.717) is 0 Å². The van der Waals surface area contributed by atoms with Crippen LogP contribution in [0, 0.1) is 0 Å². The van der Waals surface area contributed by atoms with Crippen molar-refractivity contribution in [2.45, 2.75) is 33.3 Å². The molecule has 0 aliphatic carbocycles. The summed E-state index contributed by atoms with van der Waals surface area (Å²) in [5.74, 6) is 0. The fraction of sp³-hybridized carbons (Fsp3) is 0.294. The lowest BCUT2D eigenvalue weighted by Crippen LogP contribution is -2.45. The minimum absolute atomic E-state index is 0.127. The van der Waals surface area contributed by atoms with Crippen molar-refractivity contribution >= 4 is 17.8 Å². The van der Waals surface area contributed by atoms with Crippen molar-refractivity contribution in [2.24, 2.45) is 0 Å². The van der Waals surface area contributed by atoms with Crippen LogP contribution in [-0.2, 0) is 24.1 Å². The van der Waals surface area contributed by atoms with Crippen LogP contribution in [-0.4, -0.2) is 6.92 Å². The molecule has 0 spiro atoms. The number of fused-ring (bicyclic) bond motifs is 1. The van der Waals surface area contributed by atoms with Crippen molar-refractivity contribution in [3.63, 3.8) is 0 Å². The monoisotopic (exact) mass is 250 g/mol. The summed E-state index contributed by atoms with van der Waals surface area (Å²) in [6.07, 6.45) is 2.12. The maximum Gasteiger partial charge on any atom is 0.362 e. The molecule has 1 aliphatic heterocycles. The van der Waals surface area contributed by atoms with Gasteiger partial charge in [0.05, 0.1) is 6.61 Å². The highest BCUT2D eigenvalue weighted by molar-refractivity contribution is 6.81. The Balaban J connectivity index is 2.13. The zero-order chi connectivity index (χ0) is 13.2. The van der Waals surface area contributed by atoms with E-state index in [1.165, 1.54) is 27.6 Å². The van der Waals surface area contributed by atoms with Gasteiger partial charge in [-0.2, -0.15) is 0 Å². The van der Waals surface area contributed by atoms with Crippen LogP contribution in [0.4, 0.5) is 0 Å². The molecule has 0 unspecified atom stereocenters. The van der Waals surface area contributed by atoms with Crippen LogP contribution in [0.5, 0.6) is 0 Å². The van der Waals surface area contributed by atoms with Gasteiger partial charge in [-0.05, 0) is 29.3 Å². The molecule has 0 saturated heterocycles. The number of hydrogen-bond donors (Lipinski definition) is 0. The van der Waals surface area contributed by atoms with Gasteiger partial charge in [-0.25, -0.2) is 0 Å². The maximum atomic E-state index is 6.09. The van der Waals surface area contributed by atoms with Gasteiger partial charge >= 0.3 is 6.92 Å². The minimum atomic E-state index is 0.127. The van der Waals surface area contributed by atoms with Gasteiger partial charge in [0.25, 0.3) is 0 Å². The predicted octanol–water partition coefficient (Wildman–Crippen LogP) is 2.45. The van der Waals surface area contributed by atoms with Gasteiger partial charge in [-0.1, -0.05) is 67.4 Å². The van der Waals surface area contributed by atoms with E-state index in [1.54, 1.807) is 0 Å². The van der Waals surface area contributed by atoms with Crippen LogP contribution in [0.15, 0.2) is 42.5 Å². The van der Waals surface area contributed by atoms with Gasteiger partial charge in [0, 0.05) is 0 Å². The summed E-state index contributed by atoms with van der Waals surface area (Å²) in [6.45, 7) is 5.31. The molecule has 3 rings (SSSR count). The molecule has 0 bridgehead atoms. The third-order valence-electron chi connectivity index (χ3n) is 4.05. The van der Waals surface area contributed by atoms with Crippen LogP contribution in [0.1, 0.15) is 30.5 Å². The second kappa shape index (κ2) is 5.22. The minimum Gasteiger partial charge on any atom is -0.423 e. The van der Waals surface area contributed by atoms with Gasteiger partial charge < -0.3 is 4.65 Å². The predicted molar refractivity (Wildman–Crippen MR) is 81.5 cm³/mol. The molecule has 2 heteroatoms. The lowest BCUT2D eigenvalue weighted by Gasteiger charge is -2.16. The molecule has 0 atom stereocenters. The largest absolute Gasteiger partial charge is 0.423 e. The first-order valence-electron chi connectivity index (χ1n) is 7.15. The third-order valence-corrected chi connectivity index (χ3v) is 4.05. The van der Waals surface area contributed by atoms with Crippen LogP contribution in [0.25, 0.3) is 0 Å². The van der Waals surface area contributed by atoms with E-state index >= 15 is 0 Å². The molecule has 0 aromatic heterocycles. The molecular weight excluding hydrogens is 231 g/mol. The fourth-order valence-corrected chi connectivity index (χ4v) is 3.04. The van der Waals surface area contributed by atoms with E-state index in [2.05, 4.69) is 56.3 Å². The number of rotatable bonds is 3. The van der Waals surface area contributed by atoms with Gasteiger partial charge in [-0.3, -0.25) is 0 Å². The summed E-state index contributed by atoms with van der Waals surface area (Å²) in [7, 11) is 0. The summed E-state index contributed by atoms with van der Waals surface area (Å²) < 4.78 is 6.09. The Morgan fingerprint density at radius 2 is 1.63 bits per heavy atom. The van der Waals surface area contributed by atoms with E-state index < -0.39 is 0 Å². The van der Waals surface area contributed by atoms with Gasteiger partial charge in [0.15, 0.2) is 0 Å². The lowest BCUT2D eigenvalue weighted by atomic mass is 9.53. The van der Waals surface area contributed by atoms with Crippen molar-refractivity contribution in [3.8, 4) is 0 Å². The first-order chi connectivity index (χ1) is 9.35. The molecule has 0 saturated carbocycles. The molecule has 0 amide bonds. The van der Waals surface area contributed by atoms with Crippen molar-refractivity contribution in [1.82, 2.24) is 0 Å². The van der Waals surface area contributed by atoms with Gasteiger partial charge in [0.1, 0.15) is 0 Å². The highest BCUT2D eigenvalue weighted by Gasteiger charge is 2.32. The Morgan fingerprint density at radius 3 is 2.32 bits per heavy atom. The number of hydrogen-bond acceptors (Lipinski definition) is 1. The highest BCUT2D eigenvalue weighted by atomic mass is 16.4. The molecule has 1 nitrogen and oxygen atoms in total. The average molecular weight is 250 g/mol. The van der Waals surface area contributed by atoms with Gasteiger partial charge in [0.2, 0.25) is 0 Å². The Hall–Kier alpha value is -1.54. The Morgan fingerprint density at radius 1 is 0.947 bits per heavy atom. The zero-order valence-electron chi connectivity index (χ0n) is 11.6. The topological polar surface area (TPSA) is 9.23 Å². The first kappa shape index (κ1) is 12.5. The van der Waals surface area contributed by atoms with Crippen molar-refractivity contribution in [3.05, 3.63) is 59.2 Å².